The van der Waals surface area contributed by atoms with Crippen molar-refractivity contribution in [2.45, 2.75) is 52.6 Å². The Morgan fingerprint density at radius 2 is 1.79 bits per heavy atom. The summed E-state index contributed by atoms with van der Waals surface area (Å²) < 4.78 is 13.1. The molecular weight excluding hydrogens is 370 g/mol. The molecule has 9 heteroatoms. The third-order valence-corrected chi connectivity index (χ3v) is 5.47. The highest BCUT2D eigenvalue weighted by molar-refractivity contribution is 5.83. The summed E-state index contributed by atoms with van der Waals surface area (Å²) in [4.78, 5) is 18.3. The van der Waals surface area contributed by atoms with Crippen molar-refractivity contribution < 1.29 is 9.47 Å². The van der Waals surface area contributed by atoms with Gasteiger partial charge in [-0.05, 0) is 33.2 Å². The fourth-order valence-corrected chi connectivity index (χ4v) is 3.67. The molecule has 0 spiro atoms. The van der Waals surface area contributed by atoms with E-state index in [4.69, 9.17) is 15.2 Å². The van der Waals surface area contributed by atoms with Gasteiger partial charge in [0.15, 0.2) is 17.0 Å². The summed E-state index contributed by atoms with van der Waals surface area (Å²) in [7, 11) is 1.62. The number of methoxy groups -OCH3 is 1. The van der Waals surface area contributed by atoms with E-state index in [2.05, 4.69) is 45.5 Å². The summed E-state index contributed by atoms with van der Waals surface area (Å²) in [5.74, 6) is 0.323. The van der Waals surface area contributed by atoms with Gasteiger partial charge in [-0.15, -0.1) is 0 Å². The number of nitrogens with two attached hydrogens (primary N) is 1. The predicted octanol–water partition coefficient (Wildman–Crippen LogP) is 2.01. The number of nitrogens with zero attached hydrogens (tertiary/aromatic N) is 6. The van der Waals surface area contributed by atoms with Crippen LogP contribution in [0.15, 0.2) is 0 Å². The van der Waals surface area contributed by atoms with Gasteiger partial charge in [-0.3, -0.25) is 9.47 Å². The number of ether oxygens (including phenoxy) is 2. The van der Waals surface area contributed by atoms with Gasteiger partial charge in [0, 0.05) is 38.8 Å². The molecule has 3 rings (SSSR count). The van der Waals surface area contributed by atoms with E-state index in [1.165, 1.54) is 0 Å². The molecule has 0 bridgehead atoms. The second-order valence-corrected chi connectivity index (χ2v) is 7.84. The van der Waals surface area contributed by atoms with Crippen molar-refractivity contribution in [3.8, 4) is 12.0 Å². The minimum atomic E-state index is 0.303. The number of hydrogen-bond donors (Lipinski definition) is 1. The van der Waals surface area contributed by atoms with E-state index >= 15 is 0 Å². The van der Waals surface area contributed by atoms with Crippen LogP contribution in [-0.2, 0) is 6.54 Å². The standard InChI is InChI=1S/C20H35N7O2/c1-5-6-14-29-19-23-17(21)16-18(24-19)27(20(22-16)28-4)9-7-8-25-10-12-26(13-11-25)15(2)3/h15H,5-14H2,1-4H3,(H2,21,23,24). The number of anilines is 1. The second kappa shape index (κ2) is 10.1. The van der Waals surface area contributed by atoms with Crippen molar-refractivity contribution in [1.82, 2.24) is 29.3 Å². The number of imidazole rings is 1. The summed E-state index contributed by atoms with van der Waals surface area (Å²) in [5.41, 5.74) is 7.34. The maximum absolute atomic E-state index is 6.11. The number of aromatic nitrogens is 4. The molecule has 1 aliphatic heterocycles. The van der Waals surface area contributed by atoms with Crippen LogP contribution in [0.4, 0.5) is 5.82 Å². The molecule has 29 heavy (non-hydrogen) atoms. The van der Waals surface area contributed by atoms with Gasteiger partial charge in [0.2, 0.25) is 0 Å². The first kappa shape index (κ1) is 21.6. The molecule has 0 radical (unpaired) electrons. The molecule has 9 nitrogen and oxygen atoms in total. The van der Waals surface area contributed by atoms with Crippen LogP contribution in [0.5, 0.6) is 12.0 Å². The molecule has 2 aromatic heterocycles. The Morgan fingerprint density at radius 3 is 2.45 bits per heavy atom. The highest BCUT2D eigenvalue weighted by Gasteiger charge is 2.20. The van der Waals surface area contributed by atoms with Crippen LogP contribution in [0.25, 0.3) is 11.2 Å². The fourth-order valence-electron chi connectivity index (χ4n) is 3.67. The van der Waals surface area contributed by atoms with Gasteiger partial charge in [-0.25, -0.2) is 0 Å². The Kier molecular flexibility index (Phi) is 7.49. The Labute approximate surface area is 173 Å². The van der Waals surface area contributed by atoms with Crippen molar-refractivity contribution >= 4 is 17.0 Å². The summed E-state index contributed by atoms with van der Waals surface area (Å²) in [5, 5.41) is 0. The summed E-state index contributed by atoms with van der Waals surface area (Å²) in [6, 6.07) is 1.44. The molecule has 2 N–H and O–H groups in total. The monoisotopic (exact) mass is 405 g/mol. The molecule has 1 saturated heterocycles. The minimum absolute atomic E-state index is 0.303. The van der Waals surface area contributed by atoms with Gasteiger partial charge in [0.1, 0.15) is 0 Å². The van der Waals surface area contributed by atoms with Gasteiger partial charge < -0.3 is 20.1 Å². The quantitative estimate of drug-likeness (QED) is 0.600. The Bertz CT molecular complexity index is 785. The highest BCUT2D eigenvalue weighted by Crippen LogP contribution is 2.25. The molecular formula is C20H35N7O2. The zero-order chi connectivity index (χ0) is 20.8. The lowest BCUT2D eigenvalue weighted by Gasteiger charge is -2.36. The zero-order valence-corrected chi connectivity index (χ0v) is 18.2. The number of nitrogen functional groups attached to an aromatic ring is 1. The van der Waals surface area contributed by atoms with Crippen LogP contribution in [-0.4, -0.2) is 81.8 Å². The molecule has 0 aromatic carbocycles. The first-order valence-electron chi connectivity index (χ1n) is 10.7. The number of hydrogen-bond acceptors (Lipinski definition) is 8. The molecule has 1 fully saturated rings. The maximum Gasteiger partial charge on any atom is 0.320 e. The van der Waals surface area contributed by atoms with Gasteiger partial charge in [-0.1, -0.05) is 13.3 Å². The smallest absolute Gasteiger partial charge is 0.320 e. The summed E-state index contributed by atoms with van der Waals surface area (Å²) in [6.07, 6.45) is 2.99. The number of rotatable bonds is 10. The molecule has 0 amide bonds. The van der Waals surface area contributed by atoms with E-state index in [1.54, 1.807) is 7.11 Å². The molecule has 0 unspecified atom stereocenters. The van der Waals surface area contributed by atoms with Crippen molar-refractivity contribution in [3.05, 3.63) is 0 Å². The average Bonchev–Trinajstić information content (AvgIpc) is 3.07. The zero-order valence-electron chi connectivity index (χ0n) is 18.2. The molecule has 3 heterocycles. The highest BCUT2D eigenvalue weighted by atomic mass is 16.5. The lowest BCUT2D eigenvalue weighted by molar-refractivity contribution is 0.107. The number of unbranched alkanes of at least 4 members (excludes halogenated alkanes) is 1. The van der Waals surface area contributed by atoms with Crippen LogP contribution < -0.4 is 15.2 Å². The lowest BCUT2D eigenvalue weighted by Crippen LogP contribution is -2.49. The maximum atomic E-state index is 6.11. The van der Waals surface area contributed by atoms with Gasteiger partial charge >= 0.3 is 6.01 Å². The number of aryl methyl sites for hydroxylation is 1. The largest absolute Gasteiger partial charge is 0.468 e. The minimum Gasteiger partial charge on any atom is -0.468 e. The van der Waals surface area contributed by atoms with Crippen LogP contribution in [0.1, 0.15) is 40.0 Å². The normalized spacial score (nSPS) is 16.0. The van der Waals surface area contributed by atoms with Crippen molar-refractivity contribution in [2.75, 3.05) is 52.2 Å². The topological polar surface area (TPSA) is 94.6 Å². The molecule has 0 atom stereocenters. The van der Waals surface area contributed by atoms with E-state index in [-0.39, 0.29) is 0 Å². The fraction of sp³-hybridized carbons (Fsp3) is 0.750. The van der Waals surface area contributed by atoms with Gasteiger partial charge in [0.25, 0.3) is 6.01 Å². The Morgan fingerprint density at radius 1 is 1.03 bits per heavy atom. The molecule has 1 aliphatic rings. The molecule has 0 saturated carbocycles. The van der Waals surface area contributed by atoms with Crippen molar-refractivity contribution in [2.24, 2.45) is 0 Å². The second-order valence-electron chi connectivity index (χ2n) is 7.84. The molecule has 0 aliphatic carbocycles. The third kappa shape index (κ3) is 5.27. The number of fused-ring (bicyclic) bond motifs is 1. The van der Waals surface area contributed by atoms with Gasteiger partial charge in [0.05, 0.1) is 13.7 Å². The van der Waals surface area contributed by atoms with E-state index in [1.807, 2.05) is 4.57 Å². The van der Waals surface area contributed by atoms with Crippen LogP contribution in [0, 0.1) is 0 Å². The first-order chi connectivity index (χ1) is 14.0. The average molecular weight is 406 g/mol. The molecule has 2 aromatic rings. The Hall–Kier alpha value is -2.13. The van der Waals surface area contributed by atoms with Crippen LogP contribution in [0.3, 0.4) is 0 Å². The van der Waals surface area contributed by atoms with Gasteiger partial charge in [-0.2, -0.15) is 15.0 Å². The van der Waals surface area contributed by atoms with E-state index in [0.29, 0.717) is 41.7 Å². The van der Waals surface area contributed by atoms with E-state index < -0.39 is 0 Å². The third-order valence-electron chi connectivity index (χ3n) is 5.47. The SMILES string of the molecule is CCCCOc1nc(N)c2nc(OC)n(CCCN3CCN(C(C)C)CC3)c2n1. The van der Waals surface area contributed by atoms with Crippen molar-refractivity contribution in [1.29, 1.82) is 0 Å². The molecule has 162 valence electrons. The first-order valence-corrected chi connectivity index (χ1v) is 10.7. The van der Waals surface area contributed by atoms with E-state index in [9.17, 15) is 0 Å². The summed E-state index contributed by atoms with van der Waals surface area (Å²) >= 11 is 0. The Balaban J connectivity index is 1.66. The van der Waals surface area contributed by atoms with Crippen LogP contribution in [0.2, 0.25) is 0 Å². The van der Waals surface area contributed by atoms with Crippen LogP contribution >= 0.6 is 0 Å². The lowest BCUT2D eigenvalue weighted by atomic mass is 10.2. The predicted molar refractivity (Wildman–Crippen MR) is 114 cm³/mol. The van der Waals surface area contributed by atoms with Crippen molar-refractivity contribution in [3.63, 3.8) is 0 Å². The number of piperazine rings is 1. The van der Waals surface area contributed by atoms with E-state index in [0.717, 1.165) is 58.5 Å². The summed E-state index contributed by atoms with van der Waals surface area (Å²) in [6.45, 7) is 13.5.